The topological polar surface area (TPSA) is 53.1 Å². The van der Waals surface area contributed by atoms with Crippen LogP contribution in [0.25, 0.3) is 0 Å². The summed E-state index contributed by atoms with van der Waals surface area (Å²) in [6.45, 7) is 9.25. The number of imidazole rings is 1. The molecule has 0 bridgehead atoms. The van der Waals surface area contributed by atoms with Crippen molar-refractivity contribution >= 4 is 0 Å². The molecule has 1 aromatic heterocycles. The molecule has 0 aliphatic heterocycles. The fourth-order valence-electron chi connectivity index (χ4n) is 2.28. The van der Waals surface area contributed by atoms with Crippen LogP contribution >= 0.6 is 0 Å². The van der Waals surface area contributed by atoms with Crippen molar-refractivity contribution in [2.45, 2.75) is 52.7 Å². The Hall–Kier alpha value is -0.870. The van der Waals surface area contributed by atoms with E-state index in [1.54, 1.807) is 0 Å². The Balaban J connectivity index is 2.57. The summed E-state index contributed by atoms with van der Waals surface area (Å²) in [5.74, 6) is 1.08. The van der Waals surface area contributed by atoms with Crippen molar-refractivity contribution in [2.24, 2.45) is 18.2 Å². The minimum atomic E-state index is 0.0432. The summed E-state index contributed by atoms with van der Waals surface area (Å²) in [5.41, 5.74) is 6.36. The lowest BCUT2D eigenvalue weighted by Crippen LogP contribution is -2.45. The highest BCUT2D eigenvalue weighted by Gasteiger charge is 2.30. The second-order valence-electron chi connectivity index (χ2n) is 5.90. The lowest BCUT2D eigenvalue weighted by Gasteiger charge is -2.35. The summed E-state index contributed by atoms with van der Waals surface area (Å²) in [6, 6.07) is 0.0432. The van der Waals surface area contributed by atoms with Gasteiger partial charge in [-0.05, 0) is 18.8 Å². The molecule has 0 spiro atoms. The quantitative estimate of drug-likeness (QED) is 0.845. The second kappa shape index (κ2) is 6.34. The van der Waals surface area contributed by atoms with E-state index in [1.807, 2.05) is 30.9 Å². The number of aryl methyl sites for hydroxylation is 2. The third-order valence-corrected chi connectivity index (χ3v) is 3.21. The average Bonchev–Trinajstić information content (AvgIpc) is 2.67. The first-order valence-electron chi connectivity index (χ1n) is 6.69. The molecule has 0 aliphatic rings. The third kappa shape index (κ3) is 4.10. The Morgan fingerprint density at radius 2 is 2.11 bits per heavy atom. The van der Waals surface area contributed by atoms with E-state index in [4.69, 9.17) is 10.5 Å². The highest BCUT2D eigenvalue weighted by molar-refractivity contribution is 4.93. The monoisotopic (exact) mass is 253 g/mol. The Labute approximate surface area is 111 Å². The molecule has 2 atom stereocenters. The van der Waals surface area contributed by atoms with Gasteiger partial charge in [-0.2, -0.15) is 0 Å². The Kier molecular flexibility index (Phi) is 5.35. The van der Waals surface area contributed by atoms with Gasteiger partial charge in [0.15, 0.2) is 0 Å². The van der Waals surface area contributed by atoms with Gasteiger partial charge in [0.25, 0.3) is 0 Å². The zero-order valence-electron chi connectivity index (χ0n) is 12.3. The minimum Gasteiger partial charge on any atom is -0.376 e. The molecule has 0 amide bonds. The van der Waals surface area contributed by atoms with Gasteiger partial charge in [-0.1, -0.05) is 20.8 Å². The van der Waals surface area contributed by atoms with Crippen LogP contribution in [0.5, 0.6) is 0 Å². The highest BCUT2D eigenvalue weighted by atomic mass is 16.5. The third-order valence-electron chi connectivity index (χ3n) is 3.21. The van der Waals surface area contributed by atoms with Crippen LogP contribution in [0.4, 0.5) is 0 Å². The normalized spacial score (nSPS) is 15.7. The molecule has 2 N–H and O–H groups in total. The Morgan fingerprint density at radius 1 is 1.44 bits per heavy atom. The van der Waals surface area contributed by atoms with Gasteiger partial charge < -0.3 is 15.0 Å². The first-order chi connectivity index (χ1) is 8.36. The minimum absolute atomic E-state index is 0.0432. The lowest BCUT2D eigenvalue weighted by atomic mass is 9.83. The van der Waals surface area contributed by atoms with Crippen molar-refractivity contribution < 1.29 is 4.74 Å². The summed E-state index contributed by atoms with van der Waals surface area (Å²) in [7, 11) is 2.01. The smallest absolute Gasteiger partial charge is 0.108 e. The Bertz CT molecular complexity index is 354. The molecule has 104 valence electrons. The number of hydrogen-bond donors (Lipinski definition) is 1. The first-order valence-corrected chi connectivity index (χ1v) is 6.69. The van der Waals surface area contributed by atoms with Gasteiger partial charge in [0.1, 0.15) is 5.82 Å². The molecule has 0 aliphatic carbocycles. The molecule has 1 heterocycles. The summed E-state index contributed by atoms with van der Waals surface area (Å²) < 4.78 is 7.86. The van der Waals surface area contributed by atoms with Crippen LogP contribution in [0.3, 0.4) is 0 Å². The molecule has 1 aromatic rings. The molecule has 0 saturated heterocycles. The van der Waals surface area contributed by atoms with Gasteiger partial charge >= 0.3 is 0 Å². The van der Waals surface area contributed by atoms with Crippen LogP contribution in [0.15, 0.2) is 12.4 Å². The van der Waals surface area contributed by atoms with Crippen molar-refractivity contribution in [3.63, 3.8) is 0 Å². The number of aromatic nitrogens is 2. The van der Waals surface area contributed by atoms with Gasteiger partial charge in [-0.25, -0.2) is 4.98 Å². The molecule has 1 rings (SSSR count). The van der Waals surface area contributed by atoms with Gasteiger partial charge in [0.2, 0.25) is 0 Å². The van der Waals surface area contributed by atoms with E-state index < -0.39 is 0 Å². The molecule has 4 heteroatoms. The van der Waals surface area contributed by atoms with Crippen LogP contribution < -0.4 is 5.73 Å². The predicted octanol–water partition coefficient (Wildman–Crippen LogP) is 2.13. The number of nitrogens with zero attached hydrogens (tertiary/aromatic N) is 2. The predicted molar refractivity (Wildman–Crippen MR) is 74.4 cm³/mol. The molecular weight excluding hydrogens is 226 g/mol. The average molecular weight is 253 g/mol. The Morgan fingerprint density at radius 3 is 2.56 bits per heavy atom. The molecule has 4 nitrogen and oxygen atoms in total. The molecule has 0 radical (unpaired) electrons. The number of ether oxygens (including phenoxy) is 1. The van der Waals surface area contributed by atoms with Gasteiger partial charge in [-0.15, -0.1) is 0 Å². The van der Waals surface area contributed by atoms with Crippen molar-refractivity contribution in [2.75, 3.05) is 6.61 Å². The van der Waals surface area contributed by atoms with E-state index in [0.29, 0.717) is 6.61 Å². The van der Waals surface area contributed by atoms with E-state index in [2.05, 4.69) is 25.8 Å². The molecule has 0 saturated carbocycles. The van der Waals surface area contributed by atoms with E-state index in [9.17, 15) is 0 Å². The summed E-state index contributed by atoms with van der Waals surface area (Å²) in [4.78, 5) is 4.32. The molecule has 0 fully saturated rings. The van der Waals surface area contributed by atoms with Crippen molar-refractivity contribution in [1.82, 2.24) is 9.55 Å². The van der Waals surface area contributed by atoms with Crippen LogP contribution in [0, 0.1) is 5.41 Å². The molecule has 18 heavy (non-hydrogen) atoms. The van der Waals surface area contributed by atoms with Crippen molar-refractivity contribution in [3.8, 4) is 0 Å². The maximum absolute atomic E-state index is 6.29. The molecule has 2 unspecified atom stereocenters. The molecular formula is C14H27N3O. The fraction of sp³-hybridized carbons (Fsp3) is 0.786. The van der Waals surface area contributed by atoms with Crippen LogP contribution in [-0.2, 0) is 18.2 Å². The maximum atomic E-state index is 6.29. The second-order valence-corrected chi connectivity index (χ2v) is 5.90. The van der Waals surface area contributed by atoms with E-state index in [0.717, 1.165) is 18.7 Å². The van der Waals surface area contributed by atoms with Gasteiger partial charge in [0, 0.05) is 38.5 Å². The summed E-state index contributed by atoms with van der Waals surface area (Å²) in [6.07, 6.45) is 5.66. The van der Waals surface area contributed by atoms with Gasteiger partial charge in [-0.3, -0.25) is 0 Å². The van der Waals surface area contributed by atoms with E-state index in [-0.39, 0.29) is 17.6 Å². The first kappa shape index (κ1) is 15.2. The lowest BCUT2D eigenvalue weighted by molar-refractivity contribution is -0.0291. The maximum Gasteiger partial charge on any atom is 0.108 e. The molecule has 0 aromatic carbocycles. The summed E-state index contributed by atoms with van der Waals surface area (Å²) >= 11 is 0. The fourth-order valence-corrected chi connectivity index (χ4v) is 2.28. The number of hydrogen-bond acceptors (Lipinski definition) is 3. The largest absolute Gasteiger partial charge is 0.376 e. The van der Waals surface area contributed by atoms with Crippen molar-refractivity contribution in [1.29, 1.82) is 0 Å². The van der Waals surface area contributed by atoms with Crippen LogP contribution in [0.1, 0.15) is 39.9 Å². The van der Waals surface area contributed by atoms with E-state index in [1.165, 1.54) is 0 Å². The van der Waals surface area contributed by atoms with E-state index >= 15 is 0 Å². The van der Waals surface area contributed by atoms with Crippen LogP contribution in [-0.4, -0.2) is 28.3 Å². The summed E-state index contributed by atoms with van der Waals surface area (Å²) in [5, 5.41) is 0. The van der Waals surface area contributed by atoms with Crippen molar-refractivity contribution in [3.05, 3.63) is 18.2 Å². The number of nitrogens with two attached hydrogens (primary N) is 1. The SMILES string of the molecule is CCOC(C(N)CCc1nccn1C)C(C)(C)C. The zero-order chi connectivity index (χ0) is 13.8. The standard InChI is InChI=1S/C14H27N3O/c1-6-18-13(14(2,3)4)11(15)7-8-12-16-9-10-17(12)5/h9-11,13H,6-8,15H2,1-5H3. The highest BCUT2D eigenvalue weighted by Crippen LogP contribution is 2.26. The number of rotatable bonds is 6. The van der Waals surface area contributed by atoms with Crippen LogP contribution in [0.2, 0.25) is 0 Å². The zero-order valence-corrected chi connectivity index (χ0v) is 12.3. The van der Waals surface area contributed by atoms with Gasteiger partial charge in [0.05, 0.1) is 6.10 Å².